The summed E-state index contributed by atoms with van der Waals surface area (Å²) in [5.41, 5.74) is 2.16. The Morgan fingerprint density at radius 3 is 2.86 bits per heavy atom. The summed E-state index contributed by atoms with van der Waals surface area (Å²) in [4.78, 5) is 20.0. The van der Waals surface area contributed by atoms with E-state index in [-0.39, 0.29) is 5.91 Å². The Kier molecular flexibility index (Phi) is 3.81. The van der Waals surface area contributed by atoms with Gasteiger partial charge in [-0.3, -0.25) is 10.1 Å². The fourth-order valence-corrected chi connectivity index (χ4v) is 5.62. The molecule has 110 valence electrons. The highest BCUT2D eigenvalue weighted by Crippen LogP contribution is 2.44. The van der Waals surface area contributed by atoms with Gasteiger partial charge in [-0.15, -0.1) is 34.4 Å². The number of anilines is 1. The second-order valence-corrected chi connectivity index (χ2v) is 9.20. The van der Waals surface area contributed by atoms with Gasteiger partial charge in [0.2, 0.25) is 0 Å². The maximum Gasteiger partial charge on any atom is 0.267 e. The molecule has 4 rings (SSSR count). The molecule has 22 heavy (non-hydrogen) atoms. The molecule has 0 aliphatic carbocycles. The first-order valence-corrected chi connectivity index (χ1v) is 9.90. The van der Waals surface area contributed by atoms with Crippen LogP contribution in [0.15, 0.2) is 45.1 Å². The van der Waals surface area contributed by atoms with Gasteiger partial charge in [-0.2, -0.15) is 0 Å². The fourth-order valence-electron chi connectivity index (χ4n) is 2.24. The molecular weight excluding hydrogens is 400 g/mol. The number of hydrogen-bond acceptors (Lipinski definition) is 5. The van der Waals surface area contributed by atoms with Crippen LogP contribution in [0.25, 0.3) is 11.3 Å². The Bertz CT molecular complexity index is 871. The number of benzene rings is 1. The summed E-state index contributed by atoms with van der Waals surface area (Å²) in [6.45, 7) is 0. The smallest absolute Gasteiger partial charge is 0.267 e. The highest BCUT2D eigenvalue weighted by molar-refractivity contribution is 9.11. The van der Waals surface area contributed by atoms with Crippen molar-refractivity contribution in [2.75, 3.05) is 5.32 Å². The lowest BCUT2D eigenvalue weighted by Crippen LogP contribution is -2.09. The number of carbonyl (C=O) groups is 1. The number of thiazole rings is 1. The number of halogens is 1. The molecule has 0 unspecified atom stereocenters. The van der Waals surface area contributed by atoms with Gasteiger partial charge in [-0.1, -0.05) is 18.2 Å². The maximum atomic E-state index is 12.2. The van der Waals surface area contributed by atoms with Crippen LogP contribution < -0.4 is 5.32 Å². The molecule has 0 bridgehead atoms. The molecule has 3 heterocycles. The van der Waals surface area contributed by atoms with E-state index in [0.29, 0.717) is 10.0 Å². The molecule has 3 nitrogen and oxygen atoms in total. The van der Waals surface area contributed by atoms with Crippen LogP contribution >= 0.6 is 50.4 Å². The Hall–Kier alpha value is -1.15. The van der Waals surface area contributed by atoms with Crippen LogP contribution in [0.3, 0.4) is 0 Å². The van der Waals surface area contributed by atoms with Gasteiger partial charge in [0.25, 0.3) is 5.91 Å². The van der Waals surface area contributed by atoms with Gasteiger partial charge in [0.1, 0.15) is 0 Å². The summed E-state index contributed by atoms with van der Waals surface area (Å²) >= 11 is 8.16. The van der Waals surface area contributed by atoms with E-state index in [0.717, 1.165) is 20.8 Å². The number of nitrogens with zero attached hydrogens (tertiary/aromatic N) is 1. The molecule has 0 spiro atoms. The highest BCUT2D eigenvalue weighted by atomic mass is 79.9. The lowest BCUT2D eigenvalue weighted by molar-refractivity contribution is 0.103. The molecule has 2 aromatic heterocycles. The SMILES string of the molecule is O=C(Nc1nc2c(s1)CSc1ccccc1-2)c1ccc(Br)s1. The van der Waals surface area contributed by atoms with Crippen molar-refractivity contribution < 1.29 is 4.79 Å². The van der Waals surface area contributed by atoms with E-state index in [4.69, 9.17) is 0 Å². The summed E-state index contributed by atoms with van der Waals surface area (Å²) < 4.78 is 0.946. The third-order valence-corrected chi connectivity index (χ3v) is 7.09. The molecule has 0 atom stereocenters. The summed E-state index contributed by atoms with van der Waals surface area (Å²) in [5, 5.41) is 3.57. The third-order valence-electron chi connectivity index (χ3n) is 3.22. The number of nitrogens with one attached hydrogen (secondary N) is 1. The van der Waals surface area contributed by atoms with Gasteiger partial charge in [-0.05, 0) is 34.1 Å². The first-order chi connectivity index (χ1) is 10.7. The zero-order chi connectivity index (χ0) is 15.1. The van der Waals surface area contributed by atoms with Crippen molar-refractivity contribution in [2.24, 2.45) is 0 Å². The van der Waals surface area contributed by atoms with E-state index < -0.39 is 0 Å². The predicted molar refractivity (Wildman–Crippen MR) is 97.1 cm³/mol. The molecule has 0 saturated carbocycles. The molecule has 1 aliphatic heterocycles. The van der Waals surface area contributed by atoms with Gasteiger partial charge >= 0.3 is 0 Å². The number of thioether (sulfide) groups is 1. The fraction of sp³-hybridized carbons (Fsp3) is 0.0667. The van der Waals surface area contributed by atoms with Crippen molar-refractivity contribution in [3.63, 3.8) is 0 Å². The zero-order valence-corrected chi connectivity index (χ0v) is 15.2. The van der Waals surface area contributed by atoms with Crippen LogP contribution in [0, 0.1) is 0 Å². The van der Waals surface area contributed by atoms with E-state index >= 15 is 0 Å². The van der Waals surface area contributed by atoms with E-state index in [1.54, 1.807) is 11.3 Å². The highest BCUT2D eigenvalue weighted by Gasteiger charge is 2.22. The van der Waals surface area contributed by atoms with Crippen LogP contribution in [0.2, 0.25) is 0 Å². The van der Waals surface area contributed by atoms with Crippen LogP contribution in [0.5, 0.6) is 0 Å². The number of thiophene rings is 1. The maximum absolute atomic E-state index is 12.2. The van der Waals surface area contributed by atoms with Crippen LogP contribution in [0.1, 0.15) is 14.5 Å². The Morgan fingerprint density at radius 1 is 1.18 bits per heavy atom. The van der Waals surface area contributed by atoms with Crippen LogP contribution in [-0.2, 0) is 5.75 Å². The third kappa shape index (κ3) is 2.62. The number of carbonyl (C=O) groups excluding carboxylic acids is 1. The van der Waals surface area contributed by atoms with Crippen LogP contribution in [-0.4, -0.2) is 10.9 Å². The molecule has 1 aliphatic rings. The molecule has 1 N–H and O–H groups in total. The summed E-state index contributed by atoms with van der Waals surface area (Å²) in [5.74, 6) is 0.799. The molecule has 1 amide bonds. The largest absolute Gasteiger partial charge is 0.297 e. The molecule has 1 aromatic carbocycles. The average Bonchev–Trinajstić information content (AvgIpc) is 3.13. The van der Waals surface area contributed by atoms with E-state index in [9.17, 15) is 4.79 Å². The number of aromatic nitrogens is 1. The summed E-state index contributed by atoms with van der Waals surface area (Å²) in [7, 11) is 0. The van der Waals surface area contributed by atoms with Crippen molar-refractivity contribution in [2.45, 2.75) is 10.6 Å². The van der Waals surface area contributed by atoms with Crippen molar-refractivity contribution in [1.82, 2.24) is 4.98 Å². The molecule has 0 saturated heterocycles. The van der Waals surface area contributed by atoms with Crippen molar-refractivity contribution >= 4 is 61.4 Å². The Labute approximate surface area is 147 Å². The van der Waals surface area contributed by atoms with Gasteiger partial charge in [0, 0.05) is 21.1 Å². The molecule has 3 aromatic rings. The number of hydrogen-bond donors (Lipinski definition) is 1. The topological polar surface area (TPSA) is 42.0 Å². The first-order valence-electron chi connectivity index (χ1n) is 6.49. The van der Waals surface area contributed by atoms with E-state index in [1.165, 1.54) is 21.1 Å². The van der Waals surface area contributed by atoms with Gasteiger partial charge < -0.3 is 0 Å². The second-order valence-electron chi connectivity index (χ2n) is 4.63. The molecule has 0 fully saturated rings. The minimum atomic E-state index is -0.109. The van der Waals surface area contributed by atoms with Crippen LogP contribution in [0.4, 0.5) is 5.13 Å². The predicted octanol–water partition coefficient (Wildman–Crippen LogP) is 5.49. The van der Waals surface area contributed by atoms with Crippen molar-refractivity contribution in [3.05, 3.63) is 49.9 Å². The van der Waals surface area contributed by atoms with Gasteiger partial charge in [0.05, 0.1) is 14.4 Å². The van der Waals surface area contributed by atoms with E-state index in [2.05, 4.69) is 38.4 Å². The Balaban J connectivity index is 1.64. The quantitative estimate of drug-likeness (QED) is 0.609. The molecule has 0 radical (unpaired) electrons. The zero-order valence-electron chi connectivity index (χ0n) is 11.1. The molecule has 7 heteroatoms. The lowest BCUT2D eigenvalue weighted by atomic mass is 10.1. The number of rotatable bonds is 2. The van der Waals surface area contributed by atoms with Gasteiger partial charge in [0.15, 0.2) is 5.13 Å². The normalized spacial score (nSPS) is 12.6. The second kappa shape index (κ2) is 5.81. The van der Waals surface area contributed by atoms with Crippen molar-refractivity contribution in [1.29, 1.82) is 0 Å². The minimum absolute atomic E-state index is 0.109. The average molecular weight is 409 g/mol. The first kappa shape index (κ1) is 14.4. The Morgan fingerprint density at radius 2 is 2.05 bits per heavy atom. The lowest BCUT2D eigenvalue weighted by Gasteiger charge is -2.13. The number of fused-ring (bicyclic) bond motifs is 3. The number of amides is 1. The van der Waals surface area contributed by atoms with Crippen molar-refractivity contribution in [3.8, 4) is 11.3 Å². The summed E-state index contributed by atoms with van der Waals surface area (Å²) in [6, 6.07) is 11.9. The standard InChI is InChI=1S/C15H9BrN2OS3/c16-12-6-5-10(21-12)14(19)18-15-17-13-8-3-1-2-4-9(8)20-7-11(13)22-15/h1-6H,7H2,(H,17,18,19). The van der Waals surface area contributed by atoms with E-state index in [1.807, 2.05) is 36.0 Å². The minimum Gasteiger partial charge on any atom is -0.297 e. The van der Waals surface area contributed by atoms with Gasteiger partial charge in [-0.25, -0.2) is 4.98 Å². The summed E-state index contributed by atoms with van der Waals surface area (Å²) in [6.07, 6.45) is 0. The monoisotopic (exact) mass is 408 g/mol. The molecular formula is C15H9BrN2OS3.